The van der Waals surface area contributed by atoms with Gasteiger partial charge in [0.05, 0.1) is 41.6 Å². The first-order valence-corrected chi connectivity index (χ1v) is 10.1. The van der Waals surface area contributed by atoms with Crippen LogP contribution in [0.2, 0.25) is 0 Å². The molecule has 4 aromatic rings. The number of fused-ring (bicyclic) bond motifs is 4. The molecule has 1 aliphatic rings. The second-order valence-electron chi connectivity index (χ2n) is 8.12. The Labute approximate surface area is 172 Å². The third-order valence-corrected chi connectivity index (χ3v) is 6.33. The van der Waals surface area contributed by atoms with Crippen LogP contribution in [0.5, 0.6) is 0 Å². The molecule has 154 valence electrons. The molecule has 0 aliphatic carbocycles. The summed E-state index contributed by atoms with van der Waals surface area (Å²) < 4.78 is 11.7. The maximum Gasteiger partial charge on any atom is 0.340 e. The van der Waals surface area contributed by atoms with Crippen molar-refractivity contribution in [2.75, 3.05) is 6.54 Å². The van der Waals surface area contributed by atoms with Crippen molar-refractivity contribution < 1.29 is 13.6 Å². The molecule has 4 heterocycles. The topological polar surface area (TPSA) is 92.3 Å². The van der Waals surface area contributed by atoms with Gasteiger partial charge in [-0.15, -0.1) is 0 Å². The standard InChI is InChI=1S/C23H23N3O4/c1-11-7-18-21(22-20(11)12(2)14(4)29-22)13(3)15(23(28)30-18)8-19(27)26-6-5-16-17(9-26)25-10-24-16/h7,10H,5-6,8-9H2,1-4H3,(H,24,25). The van der Waals surface area contributed by atoms with Crippen molar-refractivity contribution in [1.82, 2.24) is 14.9 Å². The Hall–Kier alpha value is -3.35. The van der Waals surface area contributed by atoms with Crippen LogP contribution in [-0.2, 0) is 24.2 Å². The molecule has 0 spiro atoms. The highest BCUT2D eigenvalue weighted by molar-refractivity contribution is 6.07. The lowest BCUT2D eigenvalue weighted by atomic mass is 9.98. The van der Waals surface area contributed by atoms with Crippen LogP contribution >= 0.6 is 0 Å². The van der Waals surface area contributed by atoms with Crippen molar-refractivity contribution in [3.8, 4) is 0 Å². The van der Waals surface area contributed by atoms with Gasteiger partial charge in [-0.2, -0.15) is 0 Å². The van der Waals surface area contributed by atoms with Gasteiger partial charge < -0.3 is 18.7 Å². The zero-order chi connectivity index (χ0) is 21.2. The smallest absolute Gasteiger partial charge is 0.340 e. The Bertz CT molecular complexity index is 1390. The fraction of sp³-hybridized carbons (Fsp3) is 0.348. The summed E-state index contributed by atoms with van der Waals surface area (Å²) in [7, 11) is 0. The van der Waals surface area contributed by atoms with Crippen LogP contribution in [0.4, 0.5) is 0 Å². The van der Waals surface area contributed by atoms with Gasteiger partial charge in [-0.3, -0.25) is 4.79 Å². The number of nitrogens with one attached hydrogen (secondary N) is 1. The van der Waals surface area contributed by atoms with E-state index < -0.39 is 5.63 Å². The number of carbonyl (C=O) groups excluding carboxylic acids is 1. The zero-order valence-electron chi connectivity index (χ0n) is 17.5. The minimum absolute atomic E-state index is 0.00161. The molecule has 0 saturated carbocycles. The Morgan fingerprint density at radius 2 is 1.97 bits per heavy atom. The predicted octanol–water partition coefficient (Wildman–Crippen LogP) is 3.62. The summed E-state index contributed by atoms with van der Waals surface area (Å²) in [5, 5.41) is 1.81. The number of hydrogen-bond donors (Lipinski definition) is 1. The number of aromatic nitrogens is 2. The number of amides is 1. The summed E-state index contributed by atoms with van der Waals surface area (Å²) in [6.07, 6.45) is 2.36. The van der Waals surface area contributed by atoms with E-state index in [-0.39, 0.29) is 12.3 Å². The lowest BCUT2D eigenvalue weighted by Crippen LogP contribution is -2.37. The van der Waals surface area contributed by atoms with E-state index in [0.717, 1.165) is 50.2 Å². The zero-order valence-corrected chi connectivity index (χ0v) is 17.5. The number of benzene rings is 1. The van der Waals surface area contributed by atoms with E-state index in [1.165, 1.54) is 0 Å². The molecule has 0 saturated heterocycles. The Morgan fingerprint density at radius 1 is 1.17 bits per heavy atom. The summed E-state index contributed by atoms with van der Waals surface area (Å²) in [6, 6.07) is 1.88. The Balaban J connectivity index is 1.59. The van der Waals surface area contributed by atoms with Crippen molar-refractivity contribution in [1.29, 1.82) is 0 Å². The minimum atomic E-state index is -0.466. The molecular formula is C23H23N3O4. The molecule has 1 N–H and O–H groups in total. The number of imidazole rings is 1. The van der Waals surface area contributed by atoms with E-state index in [4.69, 9.17) is 8.83 Å². The van der Waals surface area contributed by atoms with Gasteiger partial charge in [0.15, 0.2) is 0 Å². The highest BCUT2D eigenvalue weighted by atomic mass is 16.4. The molecule has 0 unspecified atom stereocenters. The number of aromatic amines is 1. The van der Waals surface area contributed by atoms with Crippen LogP contribution in [-0.4, -0.2) is 27.3 Å². The number of hydrogen-bond acceptors (Lipinski definition) is 5. The first kappa shape index (κ1) is 18.7. The number of nitrogens with zero attached hydrogens (tertiary/aromatic N) is 2. The maximum absolute atomic E-state index is 13.0. The molecule has 1 aliphatic heterocycles. The Morgan fingerprint density at radius 3 is 2.77 bits per heavy atom. The molecule has 0 fully saturated rings. The minimum Gasteiger partial charge on any atom is -0.460 e. The van der Waals surface area contributed by atoms with Crippen LogP contribution in [0.15, 0.2) is 26.0 Å². The monoisotopic (exact) mass is 405 g/mol. The van der Waals surface area contributed by atoms with E-state index in [1.54, 1.807) is 11.2 Å². The number of H-pyrrole nitrogens is 1. The van der Waals surface area contributed by atoms with Gasteiger partial charge in [0.1, 0.15) is 16.9 Å². The summed E-state index contributed by atoms with van der Waals surface area (Å²) in [6.45, 7) is 8.88. The SMILES string of the molecule is Cc1oc2c(c(C)cc3oc(=O)c(CC(=O)N4CCc5nc[nH]c5C4)c(C)c32)c1C. The highest BCUT2D eigenvalue weighted by Crippen LogP contribution is 2.36. The molecule has 1 aromatic carbocycles. The molecule has 7 heteroatoms. The van der Waals surface area contributed by atoms with E-state index in [1.807, 2.05) is 33.8 Å². The largest absolute Gasteiger partial charge is 0.460 e. The fourth-order valence-corrected chi connectivity index (χ4v) is 4.52. The molecule has 5 rings (SSSR count). The van der Waals surface area contributed by atoms with E-state index in [0.29, 0.717) is 30.7 Å². The average Bonchev–Trinajstić information content (AvgIpc) is 3.29. The van der Waals surface area contributed by atoms with Crippen LogP contribution in [0.25, 0.3) is 21.9 Å². The Kier molecular flexibility index (Phi) is 4.10. The van der Waals surface area contributed by atoms with Crippen molar-refractivity contribution in [2.24, 2.45) is 0 Å². The van der Waals surface area contributed by atoms with Crippen LogP contribution in [0, 0.1) is 27.7 Å². The lowest BCUT2D eigenvalue weighted by molar-refractivity contribution is -0.131. The first-order valence-electron chi connectivity index (χ1n) is 10.1. The van der Waals surface area contributed by atoms with Crippen molar-refractivity contribution in [2.45, 2.75) is 47.1 Å². The summed E-state index contributed by atoms with van der Waals surface area (Å²) >= 11 is 0. The highest BCUT2D eigenvalue weighted by Gasteiger charge is 2.26. The second-order valence-corrected chi connectivity index (χ2v) is 8.12. The fourth-order valence-electron chi connectivity index (χ4n) is 4.52. The quantitative estimate of drug-likeness (QED) is 0.514. The predicted molar refractivity (Wildman–Crippen MR) is 113 cm³/mol. The number of aryl methyl sites for hydroxylation is 4. The van der Waals surface area contributed by atoms with Gasteiger partial charge in [0.2, 0.25) is 5.91 Å². The van der Waals surface area contributed by atoms with Gasteiger partial charge in [-0.05, 0) is 50.5 Å². The van der Waals surface area contributed by atoms with Crippen LogP contribution < -0.4 is 5.63 Å². The van der Waals surface area contributed by atoms with Gasteiger partial charge in [-0.1, -0.05) is 0 Å². The number of rotatable bonds is 2. The number of furan rings is 1. The van der Waals surface area contributed by atoms with Crippen LogP contribution in [0.3, 0.4) is 0 Å². The van der Waals surface area contributed by atoms with E-state index >= 15 is 0 Å². The van der Waals surface area contributed by atoms with Crippen molar-refractivity contribution in [3.05, 3.63) is 62.2 Å². The molecule has 7 nitrogen and oxygen atoms in total. The lowest BCUT2D eigenvalue weighted by Gasteiger charge is -2.26. The van der Waals surface area contributed by atoms with E-state index in [2.05, 4.69) is 9.97 Å². The second kappa shape index (κ2) is 6.58. The summed E-state index contributed by atoms with van der Waals surface area (Å²) in [5.41, 5.74) is 5.91. The molecule has 3 aromatic heterocycles. The molecule has 30 heavy (non-hydrogen) atoms. The van der Waals surface area contributed by atoms with Gasteiger partial charge in [0, 0.05) is 18.4 Å². The van der Waals surface area contributed by atoms with Crippen LogP contribution in [0.1, 0.15) is 39.4 Å². The number of carbonyl (C=O) groups is 1. The van der Waals surface area contributed by atoms with E-state index in [9.17, 15) is 9.59 Å². The summed E-state index contributed by atoms with van der Waals surface area (Å²) in [5.74, 6) is 0.743. The van der Waals surface area contributed by atoms with Gasteiger partial charge in [0.25, 0.3) is 0 Å². The normalized spacial score (nSPS) is 13.9. The van der Waals surface area contributed by atoms with Gasteiger partial charge >= 0.3 is 5.63 Å². The molecule has 0 atom stereocenters. The third-order valence-electron chi connectivity index (χ3n) is 6.33. The molecular weight excluding hydrogens is 382 g/mol. The third kappa shape index (κ3) is 2.69. The van der Waals surface area contributed by atoms with Crippen molar-refractivity contribution in [3.63, 3.8) is 0 Å². The first-order chi connectivity index (χ1) is 14.3. The molecule has 1 amide bonds. The molecule has 0 radical (unpaired) electrons. The van der Waals surface area contributed by atoms with Crippen molar-refractivity contribution >= 4 is 27.8 Å². The summed E-state index contributed by atoms with van der Waals surface area (Å²) in [4.78, 5) is 34.9. The molecule has 0 bridgehead atoms. The average molecular weight is 405 g/mol. The van der Waals surface area contributed by atoms with Gasteiger partial charge in [-0.25, -0.2) is 9.78 Å². The maximum atomic E-state index is 13.0.